The number of alkyl halides is 2. The molecule has 2 fully saturated rings. The normalized spacial score (nSPS) is 27.3. The third-order valence-corrected chi connectivity index (χ3v) is 5.11. The van der Waals surface area contributed by atoms with Gasteiger partial charge in [0, 0.05) is 31.6 Å². The molecule has 2 atom stereocenters. The molecule has 2 saturated heterocycles. The average Bonchev–Trinajstić information content (AvgIpc) is 2.75. The maximum Gasteiger partial charge on any atom is 0.586 e. The Morgan fingerprint density at radius 3 is 2.84 bits per heavy atom. The minimum Gasteiger partial charge on any atom is -0.395 e. The summed E-state index contributed by atoms with van der Waals surface area (Å²) in [5, 5.41) is 2.87. The number of halogens is 2. The molecule has 4 rings (SSSR count). The number of nitrogens with zero attached hydrogens (tertiary/aromatic N) is 1. The molecule has 2 amide bonds. The molecule has 1 aromatic carbocycles. The number of ether oxygens (including phenoxy) is 2. The molecule has 134 valence electrons. The quantitative estimate of drug-likeness (QED) is 0.839. The predicted molar refractivity (Wildman–Crippen MR) is 82.4 cm³/mol. The number of amides is 2. The molecular weight excluding hydrogens is 334 g/mol. The molecule has 0 bridgehead atoms. The van der Waals surface area contributed by atoms with Crippen molar-refractivity contribution in [3.63, 3.8) is 0 Å². The predicted octanol–water partition coefficient (Wildman–Crippen LogP) is 2.00. The van der Waals surface area contributed by atoms with Gasteiger partial charge in [0.2, 0.25) is 5.91 Å². The minimum atomic E-state index is -3.69. The molecule has 2 unspecified atom stereocenters. The van der Waals surface area contributed by atoms with Gasteiger partial charge in [0.05, 0.1) is 0 Å². The number of likely N-dealkylation sites (tertiary alicyclic amines) is 1. The highest BCUT2D eigenvalue weighted by atomic mass is 19.3. The second-order valence-electron chi connectivity index (χ2n) is 6.73. The Hall–Kier alpha value is -2.38. The fourth-order valence-electron chi connectivity index (χ4n) is 3.83. The summed E-state index contributed by atoms with van der Waals surface area (Å²) in [6.07, 6.45) is -1.58. The summed E-state index contributed by atoms with van der Waals surface area (Å²) in [6, 6.07) is 4.09. The first-order valence-electron chi connectivity index (χ1n) is 8.37. The standard InChI is InChI=1S/C17H18F2N2O4/c18-17(19)24-13-2-1-11(7-14(13)25-17)16(23)21-6-4-10-8-15(22)20-5-3-12(10)9-21/h1-2,7,10,12H,3-6,8-9H2,(H,20,22). The lowest BCUT2D eigenvalue weighted by Crippen LogP contribution is -2.43. The summed E-state index contributed by atoms with van der Waals surface area (Å²) in [7, 11) is 0. The van der Waals surface area contributed by atoms with Crippen molar-refractivity contribution in [1.29, 1.82) is 0 Å². The summed E-state index contributed by atoms with van der Waals surface area (Å²) in [6.45, 7) is 1.75. The highest BCUT2D eigenvalue weighted by Gasteiger charge is 2.44. The third kappa shape index (κ3) is 3.12. The molecule has 0 aliphatic carbocycles. The van der Waals surface area contributed by atoms with Gasteiger partial charge in [0.25, 0.3) is 5.91 Å². The van der Waals surface area contributed by atoms with Crippen molar-refractivity contribution in [1.82, 2.24) is 10.2 Å². The maximum absolute atomic E-state index is 13.1. The maximum atomic E-state index is 13.1. The van der Waals surface area contributed by atoms with Crippen molar-refractivity contribution in [2.45, 2.75) is 25.6 Å². The van der Waals surface area contributed by atoms with Crippen molar-refractivity contribution in [2.75, 3.05) is 19.6 Å². The second-order valence-corrected chi connectivity index (χ2v) is 6.73. The van der Waals surface area contributed by atoms with Crippen LogP contribution in [0.4, 0.5) is 8.78 Å². The van der Waals surface area contributed by atoms with Crippen molar-refractivity contribution >= 4 is 11.8 Å². The zero-order valence-electron chi connectivity index (χ0n) is 13.5. The minimum absolute atomic E-state index is 0.0731. The Bertz CT molecular complexity index is 725. The van der Waals surface area contributed by atoms with Crippen molar-refractivity contribution in [3.05, 3.63) is 23.8 Å². The number of rotatable bonds is 1. The summed E-state index contributed by atoms with van der Waals surface area (Å²) in [4.78, 5) is 26.1. The lowest BCUT2D eigenvalue weighted by molar-refractivity contribution is -0.286. The highest BCUT2D eigenvalue weighted by molar-refractivity contribution is 5.95. The van der Waals surface area contributed by atoms with Crippen LogP contribution in [0.15, 0.2) is 18.2 Å². The van der Waals surface area contributed by atoms with E-state index in [1.807, 2.05) is 0 Å². The number of nitrogens with one attached hydrogen (secondary N) is 1. The fourth-order valence-corrected chi connectivity index (χ4v) is 3.83. The van der Waals surface area contributed by atoms with Gasteiger partial charge < -0.3 is 19.7 Å². The highest BCUT2D eigenvalue weighted by Crippen LogP contribution is 2.41. The summed E-state index contributed by atoms with van der Waals surface area (Å²) in [5.41, 5.74) is 0.293. The third-order valence-electron chi connectivity index (χ3n) is 5.11. The monoisotopic (exact) mass is 352 g/mol. The lowest BCUT2D eigenvalue weighted by Gasteiger charge is -2.37. The van der Waals surface area contributed by atoms with Gasteiger partial charge in [-0.05, 0) is 42.9 Å². The van der Waals surface area contributed by atoms with Gasteiger partial charge in [0.15, 0.2) is 11.5 Å². The Balaban J connectivity index is 1.48. The smallest absolute Gasteiger partial charge is 0.395 e. The van der Waals surface area contributed by atoms with Gasteiger partial charge in [-0.15, -0.1) is 8.78 Å². The lowest BCUT2D eigenvalue weighted by atomic mass is 9.82. The SMILES string of the molecule is O=C1CC2CCN(C(=O)c3ccc4c(c3)OC(F)(F)O4)CC2CCN1. The summed E-state index contributed by atoms with van der Waals surface area (Å²) in [5.74, 6) is 0.216. The molecule has 3 aliphatic heterocycles. The van der Waals surface area contributed by atoms with Crippen LogP contribution < -0.4 is 14.8 Å². The van der Waals surface area contributed by atoms with Gasteiger partial charge in [-0.1, -0.05) is 0 Å². The van der Waals surface area contributed by atoms with E-state index in [9.17, 15) is 18.4 Å². The van der Waals surface area contributed by atoms with E-state index in [0.717, 1.165) is 12.8 Å². The molecule has 1 N–H and O–H groups in total. The summed E-state index contributed by atoms with van der Waals surface area (Å²) < 4.78 is 35.0. The molecule has 0 saturated carbocycles. The van der Waals surface area contributed by atoms with Gasteiger partial charge >= 0.3 is 6.29 Å². The zero-order chi connectivity index (χ0) is 17.6. The van der Waals surface area contributed by atoms with E-state index in [-0.39, 0.29) is 29.2 Å². The van der Waals surface area contributed by atoms with E-state index >= 15 is 0 Å². The number of carbonyl (C=O) groups excluding carboxylic acids is 2. The van der Waals surface area contributed by atoms with Crippen LogP contribution in [0.1, 0.15) is 29.6 Å². The first-order valence-corrected chi connectivity index (χ1v) is 8.37. The summed E-state index contributed by atoms with van der Waals surface area (Å²) >= 11 is 0. The van der Waals surface area contributed by atoms with E-state index < -0.39 is 6.29 Å². The van der Waals surface area contributed by atoms with Crippen LogP contribution in [0.5, 0.6) is 11.5 Å². The fraction of sp³-hybridized carbons (Fsp3) is 0.529. The Morgan fingerprint density at radius 1 is 1.20 bits per heavy atom. The first-order chi connectivity index (χ1) is 11.9. The van der Waals surface area contributed by atoms with Crippen LogP contribution in [0.2, 0.25) is 0 Å². The molecule has 0 radical (unpaired) electrons. The molecular formula is C17H18F2N2O4. The average molecular weight is 352 g/mol. The number of fused-ring (bicyclic) bond motifs is 2. The van der Waals surface area contributed by atoms with E-state index in [2.05, 4.69) is 14.8 Å². The molecule has 0 aromatic heterocycles. The molecule has 0 spiro atoms. The van der Waals surface area contributed by atoms with Crippen LogP contribution >= 0.6 is 0 Å². The first kappa shape index (κ1) is 16.1. The number of carbonyl (C=O) groups is 2. The van der Waals surface area contributed by atoms with E-state index in [1.165, 1.54) is 18.2 Å². The van der Waals surface area contributed by atoms with Gasteiger partial charge in [0.1, 0.15) is 0 Å². The van der Waals surface area contributed by atoms with Crippen LogP contribution in [0.3, 0.4) is 0 Å². The topological polar surface area (TPSA) is 67.9 Å². The Morgan fingerprint density at radius 2 is 2.00 bits per heavy atom. The second kappa shape index (κ2) is 5.86. The molecule has 25 heavy (non-hydrogen) atoms. The number of hydrogen-bond donors (Lipinski definition) is 1. The van der Waals surface area contributed by atoms with Gasteiger partial charge in [-0.3, -0.25) is 9.59 Å². The van der Waals surface area contributed by atoms with Crippen molar-refractivity contribution < 1.29 is 27.8 Å². The van der Waals surface area contributed by atoms with E-state index in [0.29, 0.717) is 37.5 Å². The van der Waals surface area contributed by atoms with Crippen molar-refractivity contribution in [3.8, 4) is 11.5 Å². The van der Waals surface area contributed by atoms with Crippen LogP contribution in [-0.4, -0.2) is 42.6 Å². The number of benzene rings is 1. The molecule has 6 nitrogen and oxygen atoms in total. The zero-order valence-corrected chi connectivity index (χ0v) is 13.5. The Labute approximate surface area is 143 Å². The molecule has 3 heterocycles. The largest absolute Gasteiger partial charge is 0.586 e. The number of hydrogen-bond acceptors (Lipinski definition) is 4. The van der Waals surface area contributed by atoms with Gasteiger partial charge in [-0.25, -0.2) is 0 Å². The molecule has 3 aliphatic rings. The molecule has 8 heteroatoms. The Kier molecular flexibility index (Phi) is 3.77. The van der Waals surface area contributed by atoms with E-state index in [4.69, 9.17) is 0 Å². The van der Waals surface area contributed by atoms with Crippen LogP contribution in [0.25, 0.3) is 0 Å². The van der Waals surface area contributed by atoms with E-state index in [1.54, 1.807) is 4.90 Å². The molecule has 1 aromatic rings. The van der Waals surface area contributed by atoms with Gasteiger partial charge in [-0.2, -0.15) is 0 Å². The van der Waals surface area contributed by atoms with Crippen molar-refractivity contribution in [2.24, 2.45) is 11.8 Å². The van der Waals surface area contributed by atoms with Crippen LogP contribution in [0, 0.1) is 11.8 Å². The van der Waals surface area contributed by atoms with Crippen LogP contribution in [-0.2, 0) is 4.79 Å². The number of piperidine rings is 1.